The van der Waals surface area contributed by atoms with E-state index in [-0.39, 0.29) is 36.4 Å². The number of halogens is 1. The Labute approximate surface area is 227 Å². The topological polar surface area (TPSA) is 82.2 Å². The highest BCUT2D eigenvalue weighted by Crippen LogP contribution is 2.21. The summed E-state index contributed by atoms with van der Waals surface area (Å²) < 4.78 is 19.1. The Balaban J connectivity index is 1.30. The minimum absolute atomic E-state index is 0.0865. The molecular formula is C30H31FN4O4. The van der Waals surface area contributed by atoms with Crippen molar-refractivity contribution in [1.82, 2.24) is 9.80 Å². The van der Waals surface area contributed by atoms with Gasteiger partial charge < -0.3 is 24.8 Å². The van der Waals surface area contributed by atoms with Crippen LogP contribution in [-0.2, 0) is 4.79 Å². The van der Waals surface area contributed by atoms with E-state index in [1.165, 1.54) is 17.0 Å². The van der Waals surface area contributed by atoms with Crippen LogP contribution in [0.15, 0.2) is 85.5 Å². The van der Waals surface area contributed by atoms with Gasteiger partial charge in [-0.15, -0.1) is 6.58 Å². The van der Waals surface area contributed by atoms with E-state index < -0.39 is 5.82 Å². The molecule has 0 bridgehead atoms. The van der Waals surface area contributed by atoms with Crippen molar-refractivity contribution < 1.29 is 23.5 Å². The highest BCUT2D eigenvalue weighted by Gasteiger charge is 2.24. The Morgan fingerprint density at radius 3 is 2.26 bits per heavy atom. The largest absolute Gasteiger partial charge is 0.497 e. The molecule has 4 rings (SSSR count). The third-order valence-electron chi connectivity index (χ3n) is 6.50. The van der Waals surface area contributed by atoms with Gasteiger partial charge in [-0.3, -0.25) is 14.4 Å². The van der Waals surface area contributed by atoms with Crippen molar-refractivity contribution >= 4 is 29.1 Å². The van der Waals surface area contributed by atoms with E-state index in [4.69, 9.17) is 4.74 Å². The number of rotatable bonds is 9. The molecule has 1 aliphatic rings. The molecule has 0 atom stereocenters. The van der Waals surface area contributed by atoms with Gasteiger partial charge in [0.05, 0.1) is 12.7 Å². The first-order chi connectivity index (χ1) is 18.9. The molecule has 9 heteroatoms. The summed E-state index contributed by atoms with van der Waals surface area (Å²) in [6.45, 7) is 5.96. The molecule has 1 saturated heterocycles. The second kappa shape index (κ2) is 12.7. The van der Waals surface area contributed by atoms with E-state index in [1.807, 2.05) is 12.1 Å². The zero-order valence-corrected chi connectivity index (χ0v) is 21.8. The van der Waals surface area contributed by atoms with Crippen LogP contribution in [0.1, 0.15) is 20.7 Å². The fourth-order valence-corrected chi connectivity index (χ4v) is 4.39. The number of methoxy groups -OCH3 is 1. The number of hydrogen-bond donors (Lipinski definition) is 1. The van der Waals surface area contributed by atoms with Crippen molar-refractivity contribution in [2.45, 2.75) is 0 Å². The molecule has 1 N–H and O–H groups in total. The number of hydrogen-bond acceptors (Lipinski definition) is 5. The molecule has 0 spiro atoms. The Kier molecular flexibility index (Phi) is 8.94. The van der Waals surface area contributed by atoms with Gasteiger partial charge >= 0.3 is 0 Å². The summed E-state index contributed by atoms with van der Waals surface area (Å²) in [6.07, 6.45) is 1.58. The molecule has 8 nitrogen and oxygen atoms in total. The Hall–Kier alpha value is -4.66. The summed E-state index contributed by atoms with van der Waals surface area (Å²) in [5, 5.41) is 2.84. The third kappa shape index (κ3) is 6.81. The standard InChI is InChI=1S/C30H31FN4O4/c1-3-16-35(29(37)22-8-14-25(39-2)15-9-22)21-28(36)32-23-10-12-24(13-11-23)33-17-19-34(20-18-33)30(38)26-6-4-5-7-27(26)31/h3-15H,1,16-21H2,2H3,(H,32,36). The van der Waals surface area contributed by atoms with Crippen LogP contribution in [0, 0.1) is 5.82 Å². The van der Waals surface area contributed by atoms with E-state index >= 15 is 0 Å². The molecule has 3 amide bonds. The molecule has 39 heavy (non-hydrogen) atoms. The van der Waals surface area contributed by atoms with Crippen LogP contribution in [0.5, 0.6) is 5.75 Å². The molecule has 1 fully saturated rings. The molecule has 0 saturated carbocycles. The van der Waals surface area contributed by atoms with Crippen LogP contribution in [0.25, 0.3) is 0 Å². The van der Waals surface area contributed by atoms with E-state index in [0.717, 1.165) is 5.69 Å². The highest BCUT2D eigenvalue weighted by atomic mass is 19.1. The first-order valence-electron chi connectivity index (χ1n) is 12.6. The maximum atomic E-state index is 14.0. The molecule has 202 valence electrons. The number of nitrogens with one attached hydrogen (secondary N) is 1. The lowest BCUT2D eigenvalue weighted by Crippen LogP contribution is -2.49. The Bertz CT molecular complexity index is 1320. The van der Waals surface area contributed by atoms with Crippen LogP contribution in [0.4, 0.5) is 15.8 Å². The van der Waals surface area contributed by atoms with Crippen molar-refractivity contribution in [3.05, 3.63) is 102 Å². The van der Waals surface area contributed by atoms with Crippen molar-refractivity contribution in [3.63, 3.8) is 0 Å². The molecule has 3 aromatic rings. The molecule has 3 aromatic carbocycles. The van der Waals surface area contributed by atoms with E-state index in [0.29, 0.717) is 43.2 Å². The van der Waals surface area contributed by atoms with Gasteiger partial charge in [0, 0.05) is 49.7 Å². The number of carbonyl (C=O) groups is 3. The second-order valence-corrected chi connectivity index (χ2v) is 9.06. The summed E-state index contributed by atoms with van der Waals surface area (Å²) in [4.78, 5) is 43.5. The average molecular weight is 531 g/mol. The first kappa shape index (κ1) is 27.4. The van der Waals surface area contributed by atoms with E-state index in [2.05, 4.69) is 16.8 Å². The van der Waals surface area contributed by atoms with Gasteiger partial charge in [0.15, 0.2) is 0 Å². The zero-order valence-electron chi connectivity index (χ0n) is 21.8. The number of amides is 3. The van der Waals surface area contributed by atoms with Crippen LogP contribution in [0.2, 0.25) is 0 Å². The van der Waals surface area contributed by atoms with E-state index in [1.54, 1.807) is 66.6 Å². The minimum Gasteiger partial charge on any atom is -0.497 e. The van der Waals surface area contributed by atoms with Gasteiger partial charge in [-0.1, -0.05) is 18.2 Å². The number of nitrogens with zero attached hydrogens (tertiary/aromatic N) is 3. The van der Waals surface area contributed by atoms with Gasteiger partial charge in [-0.2, -0.15) is 0 Å². The predicted molar refractivity (Wildman–Crippen MR) is 149 cm³/mol. The van der Waals surface area contributed by atoms with Crippen LogP contribution < -0.4 is 15.0 Å². The van der Waals surface area contributed by atoms with Crippen molar-refractivity contribution in [2.75, 3.05) is 56.6 Å². The lowest BCUT2D eigenvalue weighted by molar-refractivity contribution is -0.116. The average Bonchev–Trinajstić information content (AvgIpc) is 2.97. The molecule has 0 radical (unpaired) electrons. The van der Waals surface area contributed by atoms with Crippen molar-refractivity contribution in [1.29, 1.82) is 0 Å². The first-order valence-corrected chi connectivity index (χ1v) is 12.6. The molecule has 0 aliphatic carbocycles. The van der Waals surface area contributed by atoms with Gasteiger partial charge in [0.25, 0.3) is 11.8 Å². The number of benzene rings is 3. The normalized spacial score (nSPS) is 13.0. The number of anilines is 2. The van der Waals surface area contributed by atoms with Crippen LogP contribution in [-0.4, -0.2) is 73.9 Å². The summed E-state index contributed by atoms with van der Waals surface area (Å²) in [6, 6.07) is 20.1. The third-order valence-corrected chi connectivity index (χ3v) is 6.50. The highest BCUT2D eigenvalue weighted by molar-refractivity contribution is 5.99. The van der Waals surface area contributed by atoms with Gasteiger partial charge in [-0.05, 0) is 60.7 Å². The SMILES string of the molecule is C=CCN(CC(=O)Nc1ccc(N2CCN(C(=O)c3ccccc3F)CC2)cc1)C(=O)c1ccc(OC)cc1. The molecular weight excluding hydrogens is 499 g/mol. The second-order valence-electron chi connectivity index (χ2n) is 9.06. The summed E-state index contributed by atoms with van der Waals surface area (Å²) in [7, 11) is 1.55. The summed E-state index contributed by atoms with van der Waals surface area (Å²) in [5.41, 5.74) is 2.09. The van der Waals surface area contributed by atoms with E-state index in [9.17, 15) is 18.8 Å². The maximum Gasteiger partial charge on any atom is 0.256 e. The smallest absolute Gasteiger partial charge is 0.256 e. The summed E-state index contributed by atoms with van der Waals surface area (Å²) >= 11 is 0. The summed E-state index contributed by atoms with van der Waals surface area (Å²) in [5.74, 6) is -0.787. The van der Waals surface area contributed by atoms with Gasteiger partial charge in [0.2, 0.25) is 5.91 Å². The minimum atomic E-state index is -0.514. The predicted octanol–water partition coefficient (Wildman–Crippen LogP) is 4.06. The van der Waals surface area contributed by atoms with Gasteiger partial charge in [-0.25, -0.2) is 4.39 Å². The molecule has 0 unspecified atom stereocenters. The zero-order chi connectivity index (χ0) is 27.8. The van der Waals surface area contributed by atoms with Gasteiger partial charge in [0.1, 0.15) is 18.1 Å². The fraction of sp³-hybridized carbons (Fsp3) is 0.233. The lowest BCUT2D eigenvalue weighted by Gasteiger charge is -2.36. The monoisotopic (exact) mass is 530 g/mol. The van der Waals surface area contributed by atoms with Crippen molar-refractivity contribution in [3.8, 4) is 5.75 Å². The maximum absolute atomic E-state index is 14.0. The molecule has 1 heterocycles. The fourth-order valence-electron chi connectivity index (χ4n) is 4.39. The molecule has 0 aromatic heterocycles. The number of ether oxygens (including phenoxy) is 1. The Morgan fingerprint density at radius 2 is 1.64 bits per heavy atom. The molecule has 1 aliphatic heterocycles. The van der Waals surface area contributed by atoms with Crippen molar-refractivity contribution in [2.24, 2.45) is 0 Å². The van der Waals surface area contributed by atoms with Crippen LogP contribution >= 0.6 is 0 Å². The Morgan fingerprint density at radius 1 is 0.974 bits per heavy atom. The quantitative estimate of drug-likeness (QED) is 0.422. The number of carbonyl (C=O) groups excluding carboxylic acids is 3. The van der Waals surface area contributed by atoms with Crippen LogP contribution in [0.3, 0.4) is 0 Å². The number of piperazine rings is 1. The lowest BCUT2D eigenvalue weighted by atomic mass is 10.1.